The summed E-state index contributed by atoms with van der Waals surface area (Å²) in [4.78, 5) is 2.35. The van der Waals surface area contributed by atoms with Crippen molar-refractivity contribution in [1.82, 2.24) is 10.2 Å². The summed E-state index contributed by atoms with van der Waals surface area (Å²) in [7, 11) is 0. The molecule has 0 heterocycles. The molecular formula is C15H20F4N2. The zero-order valence-electron chi connectivity index (χ0n) is 12.0. The van der Waals surface area contributed by atoms with Crippen LogP contribution >= 0.6 is 0 Å². The molecule has 6 heteroatoms. The second-order valence-corrected chi connectivity index (χ2v) is 5.38. The Labute approximate surface area is 122 Å². The molecule has 1 aromatic rings. The van der Waals surface area contributed by atoms with E-state index in [0.717, 1.165) is 25.2 Å². The van der Waals surface area contributed by atoms with Crippen LogP contribution in [-0.2, 0) is 12.7 Å². The first-order valence-electron chi connectivity index (χ1n) is 7.21. The highest BCUT2D eigenvalue weighted by molar-refractivity contribution is 5.26. The average Bonchev–Trinajstić information content (AvgIpc) is 3.21. The van der Waals surface area contributed by atoms with Gasteiger partial charge in [-0.3, -0.25) is 4.90 Å². The highest BCUT2D eigenvalue weighted by Gasteiger charge is 2.31. The van der Waals surface area contributed by atoms with E-state index < -0.39 is 17.6 Å². The second-order valence-electron chi connectivity index (χ2n) is 5.38. The van der Waals surface area contributed by atoms with Crippen LogP contribution in [0.2, 0.25) is 0 Å². The van der Waals surface area contributed by atoms with E-state index in [1.165, 1.54) is 12.8 Å². The van der Waals surface area contributed by atoms with E-state index in [-0.39, 0.29) is 6.54 Å². The Kier molecular flexibility index (Phi) is 5.22. The van der Waals surface area contributed by atoms with Crippen LogP contribution < -0.4 is 5.32 Å². The number of likely N-dealkylation sites (N-methyl/N-ethyl adjacent to an activating group) is 1. The summed E-state index contributed by atoms with van der Waals surface area (Å²) >= 11 is 0. The monoisotopic (exact) mass is 304 g/mol. The normalized spacial score (nSPS) is 15.7. The van der Waals surface area contributed by atoms with Crippen LogP contribution in [0.1, 0.15) is 30.9 Å². The number of benzene rings is 1. The second kappa shape index (κ2) is 6.75. The van der Waals surface area contributed by atoms with Crippen molar-refractivity contribution in [3.63, 3.8) is 0 Å². The first-order chi connectivity index (χ1) is 9.90. The van der Waals surface area contributed by atoms with Gasteiger partial charge in [0.1, 0.15) is 5.82 Å². The van der Waals surface area contributed by atoms with Crippen molar-refractivity contribution in [2.24, 2.45) is 0 Å². The molecule has 0 radical (unpaired) electrons. The van der Waals surface area contributed by atoms with Gasteiger partial charge in [0.05, 0.1) is 5.56 Å². The number of nitrogens with zero attached hydrogens (tertiary/aromatic N) is 1. The van der Waals surface area contributed by atoms with Crippen LogP contribution in [0.5, 0.6) is 0 Å². The third-order valence-corrected chi connectivity index (χ3v) is 3.66. The summed E-state index contributed by atoms with van der Waals surface area (Å²) in [5.74, 6) is -0.852. The van der Waals surface area contributed by atoms with Crippen molar-refractivity contribution in [3.05, 3.63) is 35.1 Å². The maximum Gasteiger partial charge on any atom is 0.416 e. The Hall–Kier alpha value is -1.14. The first kappa shape index (κ1) is 16.2. The molecule has 118 valence electrons. The quantitative estimate of drug-likeness (QED) is 0.613. The number of rotatable bonds is 7. The van der Waals surface area contributed by atoms with Gasteiger partial charge in [0.2, 0.25) is 0 Å². The molecule has 0 aliphatic heterocycles. The zero-order valence-corrected chi connectivity index (χ0v) is 12.0. The van der Waals surface area contributed by atoms with Crippen molar-refractivity contribution in [2.45, 2.75) is 38.5 Å². The van der Waals surface area contributed by atoms with Crippen molar-refractivity contribution >= 4 is 0 Å². The number of alkyl halides is 3. The van der Waals surface area contributed by atoms with Crippen molar-refractivity contribution < 1.29 is 17.6 Å². The molecule has 1 fully saturated rings. The lowest BCUT2D eigenvalue weighted by molar-refractivity contribution is -0.137. The number of nitrogens with one attached hydrogen (secondary N) is 1. The van der Waals surface area contributed by atoms with Crippen LogP contribution in [0, 0.1) is 5.82 Å². The Morgan fingerprint density at radius 2 is 1.95 bits per heavy atom. The summed E-state index contributed by atoms with van der Waals surface area (Å²) in [6.07, 6.45) is -2.05. The van der Waals surface area contributed by atoms with E-state index in [1.807, 2.05) is 0 Å². The predicted octanol–water partition coefficient (Wildman–Crippen LogP) is 3.42. The van der Waals surface area contributed by atoms with Gasteiger partial charge in [-0.2, -0.15) is 13.2 Å². The average molecular weight is 304 g/mol. The molecule has 1 aliphatic carbocycles. The zero-order chi connectivity index (χ0) is 15.5. The van der Waals surface area contributed by atoms with E-state index in [2.05, 4.69) is 17.1 Å². The number of hydrogen-bond donors (Lipinski definition) is 1. The molecule has 0 spiro atoms. The molecular weight excluding hydrogens is 284 g/mol. The molecule has 2 rings (SSSR count). The summed E-state index contributed by atoms with van der Waals surface area (Å²) in [5, 5.41) is 3.08. The Morgan fingerprint density at radius 3 is 2.52 bits per heavy atom. The van der Waals surface area contributed by atoms with E-state index in [4.69, 9.17) is 0 Å². The van der Waals surface area contributed by atoms with Crippen molar-refractivity contribution in [2.75, 3.05) is 19.6 Å². The highest BCUT2D eigenvalue weighted by atomic mass is 19.4. The summed E-state index contributed by atoms with van der Waals surface area (Å²) in [6, 6.07) is 3.33. The standard InChI is InChI=1S/C15H20F4N2/c1-2-21(14-3-4-14)6-5-20-10-11-7-12(15(17,18)19)9-13(16)8-11/h7-9,14,20H,2-6,10H2,1H3. The van der Waals surface area contributed by atoms with Crippen LogP contribution in [-0.4, -0.2) is 30.6 Å². The van der Waals surface area contributed by atoms with Crippen molar-refractivity contribution in [3.8, 4) is 0 Å². The van der Waals surface area contributed by atoms with Crippen LogP contribution in [0.4, 0.5) is 17.6 Å². The van der Waals surface area contributed by atoms with Gasteiger partial charge in [0.15, 0.2) is 0 Å². The van der Waals surface area contributed by atoms with Gasteiger partial charge >= 0.3 is 6.18 Å². The third kappa shape index (κ3) is 4.97. The molecule has 1 aromatic carbocycles. The SMILES string of the molecule is CCN(CCNCc1cc(F)cc(C(F)(F)F)c1)C1CC1. The molecule has 0 atom stereocenters. The minimum absolute atomic E-state index is 0.239. The molecule has 0 bridgehead atoms. The van der Waals surface area contributed by atoms with Crippen LogP contribution in [0.15, 0.2) is 18.2 Å². The van der Waals surface area contributed by atoms with Gasteiger partial charge < -0.3 is 5.32 Å². The smallest absolute Gasteiger partial charge is 0.311 e. The Balaban J connectivity index is 1.84. The lowest BCUT2D eigenvalue weighted by atomic mass is 10.1. The molecule has 0 aromatic heterocycles. The predicted molar refractivity (Wildman–Crippen MR) is 73.4 cm³/mol. The Morgan fingerprint density at radius 1 is 1.24 bits per heavy atom. The third-order valence-electron chi connectivity index (χ3n) is 3.66. The molecule has 21 heavy (non-hydrogen) atoms. The Bertz CT molecular complexity index is 469. The van der Waals surface area contributed by atoms with E-state index in [9.17, 15) is 17.6 Å². The lowest BCUT2D eigenvalue weighted by Crippen LogP contribution is -2.33. The van der Waals surface area contributed by atoms with Crippen molar-refractivity contribution in [1.29, 1.82) is 0 Å². The first-order valence-corrected chi connectivity index (χ1v) is 7.21. The molecule has 1 saturated carbocycles. The molecule has 0 unspecified atom stereocenters. The van der Waals surface area contributed by atoms with Gasteiger partial charge in [-0.05, 0) is 43.1 Å². The van der Waals surface area contributed by atoms with Crippen LogP contribution in [0.25, 0.3) is 0 Å². The summed E-state index contributed by atoms with van der Waals surface area (Å²) < 4.78 is 51.0. The maximum atomic E-state index is 13.2. The summed E-state index contributed by atoms with van der Waals surface area (Å²) in [6.45, 7) is 4.86. The fourth-order valence-electron chi connectivity index (χ4n) is 2.41. The van der Waals surface area contributed by atoms with Gasteiger partial charge in [-0.25, -0.2) is 4.39 Å². The van der Waals surface area contributed by atoms with E-state index in [1.54, 1.807) is 0 Å². The van der Waals surface area contributed by atoms with Gasteiger partial charge in [-0.15, -0.1) is 0 Å². The molecule has 1 N–H and O–H groups in total. The number of halogens is 4. The fraction of sp³-hybridized carbons (Fsp3) is 0.600. The van der Waals surface area contributed by atoms with Gasteiger partial charge in [-0.1, -0.05) is 6.92 Å². The molecule has 1 aliphatic rings. The maximum absolute atomic E-state index is 13.2. The van der Waals surface area contributed by atoms with E-state index in [0.29, 0.717) is 24.2 Å². The molecule has 0 saturated heterocycles. The fourth-order valence-corrected chi connectivity index (χ4v) is 2.41. The van der Waals surface area contributed by atoms with Gasteiger partial charge in [0.25, 0.3) is 0 Å². The molecule has 0 amide bonds. The van der Waals surface area contributed by atoms with Gasteiger partial charge in [0, 0.05) is 25.7 Å². The van der Waals surface area contributed by atoms with Crippen LogP contribution in [0.3, 0.4) is 0 Å². The van der Waals surface area contributed by atoms with E-state index >= 15 is 0 Å². The summed E-state index contributed by atoms with van der Waals surface area (Å²) in [5.41, 5.74) is -0.621. The largest absolute Gasteiger partial charge is 0.416 e. The number of hydrogen-bond acceptors (Lipinski definition) is 2. The highest BCUT2D eigenvalue weighted by Crippen LogP contribution is 2.30. The minimum Gasteiger partial charge on any atom is -0.311 e. The molecule has 2 nitrogen and oxygen atoms in total. The lowest BCUT2D eigenvalue weighted by Gasteiger charge is -2.19. The topological polar surface area (TPSA) is 15.3 Å². The minimum atomic E-state index is -4.51.